The number of amides is 2. The van der Waals surface area contributed by atoms with Crippen molar-refractivity contribution in [3.05, 3.63) is 62.3 Å². The van der Waals surface area contributed by atoms with Crippen LogP contribution in [0.25, 0.3) is 0 Å². The van der Waals surface area contributed by atoms with E-state index in [1.165, 1.54) is 35.0 Å². The number of hydrogen-bond acceptors (Lipinski definition) is 6. The van der Waals surface area contributed by atoms with Gasteiger partial charge in [-0.05, 0) is 11.4 Å². The highest BCUT2D eigenvalue weighted by Crippen LogP contribution is 2.45. The van der Waals surface area contributed by atoms with Gasteiger partial charge in [0.25, 0.3) is 5.69 Å². The highest BCUT2D eigenvalue weighted by Gasteiger charge is 2.67. The van der Waals surface area contributed by atoms with Crippen molar-refractivity contribution in [3.8, 4) is 0 Å². The molecule has 3 N–H and O–H groups in total. The summed E-state index contributed by atoms with van der Waals surface area (Å²) in [6.07, 6.45) is -5.43. The lowest BCUT2D eigenvalue weighted by atomic mass is 9.78. The third kappa shape index (κ3) is 3.20. The first-order valence-electron chi connectivity index (χ1n) is 7.75. The third-order valence-corrected chi connectivity index (χ3v) is 5.21. The second-order valence-corrected chi connectivity index (χ2v) is 6.92. The highest BCUT2D eigenvalue weighted by atomic mass is 32.1. The van der Waals surface area contributed by atoms with Crippen molar-refractivity contribution in [1.82, 2.24) is 10.6 Å². The van der Waals surface area contributed by atoms with Crippen molar-refractivity contribution in [2.24, 2.45) is 5.92 Å². The second-order valence-electron chi connectivity index (χ2n) is 5.98. The Hall–Kier alpha value is -2.99. The van der Waals surface area contributed by atoms with Crippen LogP contribution in [0.2, 0.25) is 0 Å². The van der Waals surface area contributed by atoms with Crippen LogP contribution in [-0.4, -0.2) is 33.7 Å². The zero-order chi connectivity index (χ0) is 20.7. The van der Waals surface area contributed by atoms with Crippen molar-refractivity contribution in [2.75, 3.05) is 0 Å². The van der Waals surface area contributed by atoms with Crippen LogP contribution >= 0.6 is 11.3 Å². The summed E-state index contributed by atoms with van der Waals surface area (Å²) in [4.78, 5) is 35.1. The minimum atomic E-state index is -5.43. The molecule has 0 radical (unpaired) electrons. The van der Waals surface area contributed by atoms with Crippen molar-refractivity contribution < 1.29 is 32.8 Å². The molecule has 3 rings (SSSR count). The summed E-state index contributed by atoms with van der Waals surface area (Å²) in [5.41, 5.74) is -4.85. The first kappa shape index (κ1) is 19.8. The molecular weight excluding hydrogens is 403 g/mol. The number of rotatable bonds is 4. The molecule has 1 aromatic heterocycles. The Kier molecular flexibility index (Phi) is 4.85. The van der Waals surface area contributed by atoms with Crippen LogP contribution in [0.3, 0.4) is 0 Å². The summed E-state index contributed by atoms with van der Waals surface area (Å²) in [6, 6.07) is 4.24. The number of nitro benzene ring substituents is 1. The van der Waals surface area contributed by atoms with Gasteiger partial charge in [0.1, 0.15) is 5.92 Å². The third-order valence-electron chi connectivity index (χ3n) is 4.32. The SMILES string of the molecule is O=C1NC(c2ccccc2[N+](=O)[O-])C(C(=O)c2cccs2)C(O)(C(F)(F)F)N1. The van der Waals surface area contributed by atoms with Gasteiger partial charge < -0.3 is 15.7 Å². The number of benzene rings is 1. The van der Waals surface area contributed by atoms with E-state index in [2.05, 4.69) is 5.32 Å². The number of urea groups is 1. The number of para-hydroxylation sites is 1. The van der Waals surface area contributed by atoms with Gasteiger partial charge in [0.2, 0.25) is 5.72 Å². The van der Waals surface area contributed by atoms with Crippen LogP contribution in [-0.2, 0) is 0 Å². The van der Waals surface area contributed by atoms with Gasteiger partial charge >= 0.3 is 12.2 Å². The Labute approximate surface area is 159 Å². The molecule has 0 spiro atoms. The van der Waals surface area contributed by atoms with E-state index in [-0.39, 0.29) is 10.4 Å². The zero-order valence-corrected chi connectivity index (χ0v) is 14.6. The molecular formula is C16H12F3N3O5S. The average molecular weight is 415 g/mol. The van der Waals surface area contributed by atoms with Crippen LogP contribution < -0.4 is 10.6 Å². The smallest absolute Gasteiger partial charge is 0.363 e. The van der Waals surface area contributed by atoms with Gasteiger partial charge in [-0.15, -0.1) is 11.3 Å². The fraction of sp³-hybridized carbons (Fsp3) is 0.250. The molecule has 3 unspecified atom stereocenters. The van der Waals surface area contributed by atoms with E-state index in [1.54, 1.807) is 0 Å². The van der Waals surface area contributed by atoms with Crippen LogP contribution in [0.5, 0.6) is 0 Å². The molecule has 1 aliphatic rings. The first-order chi connectivity index (χ1) is 13.1. The van der Waals surface area contributed by atoms with Gasteiger partial charge in [0.05, 0.1) is 21.4 Å². The number of Topliss-reactive ketones (excluding diaryl/α,β-unsaturated/α-hetero) is 1. The molecule has 28 heavy (non-hydrogen) atoms. The van der Waals surface area contributed by atoms with Crippen LogP contribution in [0, 0.1) is 16.0 Å². The number of ketones is 1. The van der Waals surface area contributed by atoms with E-state index in [4.69, 9.17) is 0 Å². The lowest BCUT2D eigenvalue weighted by molar-refractivity contribution is -0.386. The molecule has 1 aromatic carbocycles. The number of carbonyl (C=O) groups excluding carboxylic acids is 2. The summed E-state index contributed by atoms with van der Waals surface area (Å²) in [5, 5.41) is 26.6. The minimum Gasteiger partial charge on any atom is -0.363 e. The number of thiophene rings is 1. The van der Waals surface area contributed by atoms with Crippen molar-refractivity contribution in [1.29, 1.82) is 0 Å². The average Bonchev–Trinajstić information content (AvgIpc) is 3.14. The topological polar surface area (TPSA) is 122 Å². The molecule has 0 bridgehead atoms. The van der Waals surface area contributed by atoms with Crippen molar-refractivity contribution in [2.45, 2.75) is 17.9 Å². The largest absolute Gasteiger partial charge is 0.437 e. The van der Waals surface area contributed by atoms with Gasteiger partial charge in [0, 0.05) is 6.07 Å². The number of halogens is 3. The molecule has 2 aromatic rings. The zero-order valence-electron chi connectivity index (χ0n) is 13.8. The van der Waals surface area contributed by atoms with Gasteiger partial charge in [-0.1, -0.05) is 24.3 Å². The Morgan fingerprint density at radius 1 is 1.25 bits per heavy atom. The molecule has 148 valence electrons. The Balaban J connectivity index is 2.23. The van der Waals surface area contributed by atoms with E-state index >= 15 is 0 Å². The fourth-order valence-corrected chi connectivity index (χ4v) is 3.79. The maximum atomic E-state index is 13.7. The van der Waals surface area contributed by atoms with Gasteiger partial charge in [-0.2, -0.15) is 13.2 Å². The number of nitrogens with zero attached hydrogens (tertiary/aromatic N) is 1. The van der Waals surface area contributed by atoms with Crippen molar-refractivity contribution in [3.63, 3.8) is 0 Å². The standard InChI is InChI=1S/C16H12F3N3O5S/c17-16(18,19)15(25)11(13(23)10-6-3-7-28-10)12(20-14(24)21-15)8-4-1-2-5-9(8)22(26)27/h1-7,11-12,25H,(H2,20,21,24). The van der Waals surface area contributed by atoms with E-state index < -0.39 is 46.3 Å². The highest BCUT2D eigenvalue weighted by molar-refractivity contribution is 7.12. The second kappa shape index (κ2) is 6.87. The molecule has 1 fully saturated rings. The minimum absolute atomic E-state index is 0.103. The Morgan fingerprint density at radius 3 is 2.50 bits per heavy atom. The van der Waals surface area contributed by atoms with Gasteiger partial charge in [0.15, 0.2) is 5.78 Å². The van der Waals surface area contributed by atoms with Gasteiger partial charge in [-0.3, -0.25) is 14.9 Å². The number of aliphatic hydroxyl groups is 1. The molecule has 12 heteroatoms. The summed E-state index contributed by atoms with van der Waals surface area (Å²) < 4.78 is 41.2. The molecule has 2 amide bonds. The number of nitrogens with one attached hydrogen (secondary N) is 2. The van der Waals surface area contributed by atoms with E-state index in [9.17, 15) is 38.0 Å². The maximum Gasteiger partial charge on any atom is 0.437 e. The lowest BCUT2D eigenvalue weighted by Gasteiger charge is -2.44. The van der Waals surface area contributed by atoms with Crippen LogP contribution in [0.4, 0.5) is 23.7 Å². The fourth-order valence-electron chi connectivity index (χ4n) is 3.09. The van der Waals surface area contributed by atoms with E-state index in [0.29, 0.717) is 0 Å². The quantitative estimate of drug-likeness (QED) is 0.403. The summed E-state index contributed by atoms with van der Waals surface area (Å²) in [6.45, 7) is 0. The van der Waals surface area contributed by atoms with Gasteiger partial charge in [-0.25, -0.2) is 4.79 Å². The predicted molar refractivity (Wildman–Crippen MR) is 90.6 cm³/mol. The van der Waals surface area contributed by atoms with E-state index in [0.717, 1.165) is 23.5 Å². The summed E-state index contributed by atoms with van der Waals surface area (Å²) >= 11 is 0.842. The molecule has 8 nitrogen and oxygen atoms in total. The maximum absolute atomic E-state index is 13.7. The monoisotopic (exact) mass is 415 g/mol. The first-order valence-corrected chi connectivity index (χ1v) is 8.63. The summed E-state index contributed by atoms with van der Waals surface area (Å²) in [5.74, 6) is -3.42. The number of nitro groups is 1. The predicted octanol–water partition coefficient (Wildman–Crippen LogP) is 2.76. The number of carbonyl (C=O) groups is 2. The molecule has 3 atom stereocenters. The number of alkyl halides is 3. The summed E-state index contributed by atoms with van der Waals surface area (Å²) in [7, 11) is 0. The van der Waals surface area contributed by atoms with E-state index in [1.807, 2.05) is 0 Å². The number of hydrogen-bond donors (Lipinski definition) is 3. The molecule has 2 heterocycles. The normalized spacial score (nSPS) is 24.9. The Morgan fingerprint density at radius 2 is 1.93 bits per heavy atom. The van der Waals surface area contributed by atoms with Crippen LogP contribution in [0.1, 0.15) is 21.3 Å². The van der Waals surface area contributed by atoms with Crippen LogP contribution in [0.15, 0.2) is 41.8 Å². The molecule has 1 aliphatic heterocycles. The molecule has 0 aliphatic carbocycles. The van der Waals surface area contributed by atoms with Crippen molar-refractivity contribution >= 4 is 28.8 Å². The Bertz CT molecular complexity index is 934. The lowest BCUT2D eigenvalue weighted by Crippen LogP contribution is -2.72. The molecule has 1 saturated heterocycles. The molecule has 0 saturated carbocycles.